The maximum atomic E-state index is 11.3. The predicted molar refractivity (Wildman–Crippen MR) is 47.2 cm³/mol. The second-order valence-electron chi connectivity index (χ2n) is 2.74. The maximum Gasteiger partial charge on any atom is 0.273 e. The minimum absolute atomic E-state index is 0.209. The van der Waals surface area contributed by atoms with Gasteiger partial charge in [0, 0.05) is 12.1 Å². The van der Waals surface area contributed by atoms with Gasteiger partial charge in [-0.15, -0.1) is 0 Å². The summed E-state index contributed by atoms with van der Waals surface area (Å²) in [7, 11) is 0. The lowest BCUT2D eigenvalue weighted by Crippen LogP contribution is -2.26. The molecule has 0 aliphatic rings. The zero-order valence-electron chi connectivity index (χ0n) is 7.54. The summed E-state index contributed by atoms with van der Waals surface area (Å²) in [5.74, 6) is -0.209. The SMILES string of the molecule is Cc1conc1C(=O)NCCCN. The number of nitrogens with zero attached hydrogens (tertiary/aromatic N) is 1. The van der Waals surface area contributed by atoms with Crippen molar-refractivity contribution >= 4 is 5.91 Å². The van der Waals surface area contributed by atoms with E-state index in [1.54, 1.807) is 6.92 Å². The molecule has 0 atom stereocenters. The molecular formula is C8H13N3O2. The van der Waals surface area contributed by atoms with Crippen molar-refractivity contribution in [2.24, 2.45) is 5.73 Å². The molecule has 0 bridgehead atoms. The molecule has 0 aromatic carbocycles. The van der Waals surface area contributed by atoms with Crippen LogP contribution in [0.1, 0.15) is 22.5 Å². The number of carbonyl (C=O) groups excluding carboxylic acids is 1. The zero-order valence-corrected chi connectivity index (χ0v) is 7.54. The van der Waals surface area contributed by atoms with E-state index in [1.165, 1.54) is 6.26 Å². The summed E-state index contributed by atoms with van der Waals surface area (Å²) in [5, 5.41) is 6.26. The van der Waals surface area contributed by atoms with Gasteiger partial charge in [0.2, 0.25) is 0 Å². The fraction of sp³-hybridized carbons (Fsp3) is 0.500. The Bertz CT molecular complexity index is 283. The van der Waals surface area contributed by atoms with Crippen LogP contribution < -0.4 is 11.1 Å². The monoisotopic (exact) mass is 183 g/mol. The first-order valence-corrected chi connectivity index (χ1v) is 4.15. The molecule has 0 unspecified atom stereocenters. The van der Waals surface area contributed by atoms with E-state index in [2.05, 4.69) is 15.0 Å². The first kappa shape index (κ1) is 9.73. The Morgan fingerprint density at radius 3 is 3.08 bits per heavy atom. The number of hydrogen-bond donors (Lipinski definition) is 2. The molecule has 1 aromatic heterocycles. The van der Waals surface area contributed by atoms with Crippen LogP contribution in [0.5, 0.6) is 0 Å². The molecule has 1 rings (SSSR count). The Labute approximate surface area is 76.3 Å². The average Bonchev–Trinajstić information content (AvgIpc) is 2.52. The van der Waals surface area contributed by atoms with Crippen LogP contribution in [0.4, 0.5) is 0 Å². The summed E-state index contributed by atoms with van der Waals surface area (Å²) in [6.07, 6.45) is 2.21. The van der Waals surface area contributed by atoms with Crippen LogP contribution in [-0.2, 0) is 0 Å². The Morgan fingerprint density at radius 2 is 2.54 bits per heavy atom. The maximum absolute atomic E-state index is 11.3. The van der Waals surface area contributed by atoms with E-state index in [9.17, 15) is 4.79 Å². The number of aromatic nitrogens is 1. The number of carbonyl (C=O) groups is 1. The molecule has 3 N–H and O–H groups in total. The molecule has 0 fully saturated rings. The standard InChI is InChI=1S/C8H13N3O2/c1-6-5-13-11-7(6)8(12)10-4-2-3-9/h5H,2-4,9H2,1H3,(H,10,12). The molecule has 5 nitrogen and oxygen atoms in total. The molecule has 1 amide bonds. The number of amides is 1. The summed E-state index contributed by atoms with van der Waals surface area (Å²) in [4.78, 5) is 11.3. The fourth-order valence-corrected chi connectivity index (χ4v) is 0.894. The van der Waals surface area contributed by atoms with Crippen molar-refractivity contribution in [1.82, 2.24) is 10.5 Å². The highest BCUT2D eigenvalue weighted by atomic mass is 16.5. The van der Waals surface area contributed by atoms with Gasteiger partial charge in [-0.25, -0.2) is 0 Å². The first-order chi connectivity index (χ1) is 6.25. The predicted octanol–water partition coefficient (Wildman–Crippen LogP) is 0.0616. The van der Waals surface area contributed by atoms with Crippen molar-refractivity contribution in [2.45, 2.75) is 13.3 Å². The van der Waals surface area contributed by atoms with E-state index in [0.29, 0.717) is 18.8 Å². The van der Waals surface area contributed by atoms with Gasteiger partial charge in [0.1, 0.15) is 6.26 Å². The molecule has 0 aliphatic heterocycles. The van der Waals surface area contributed by atoms with Crippen molar-refractivity contribution in [2.75, 3.05) is 13.1 Å². The van der Waals surface area contributed by atoms with Crippen LogP contribution in [0.3, 0.4) is 0 Å². The number of nitrogens with one attached hydrogen (secondary N) is 1. The summed E-state index contributed by atoms with van der Waals surface area (Å²) < 4.78 is 4.64. The second-order valence-corrected chi connectivity index (χ2v) is 2.74. The molecule has 0 spiro atoms. The fourth-order valence-electron chi connectivity index (χ4n) is 0.894. The van der Waals surface area contributed by atoms with E-state index < -0.39 is 0 Å². The Kier molecular flexibility index (Phi) is 3.45. The van der Waals surface area contributed by atoms with E-state index >= 15 is 0 Å². The topological polar surface area (TPSA) is 81.2 Å². The molecule has 0 aliphatic carbocycles. The second kappa shape index (κ2) is 4.61. The van der Waals surface area contributed by atoms with Crippen LogP contribution in [0.15, 0.2) is 10.8 Å². The molecule has 0 saturated carbocycles. The Hall–Kier alpha value is -1.36. The summed E-state index contributed by atoms with van der Waals surface area (Å²) >= 11 is 0. The first-order valence-electron chi connectivity index (χ1n) is 4.15. The van der Waals surface area contributed by atoms with Crippen LogP contribution >= 0.6 is 0 Å². The van der Waals surface area contributed by atoms with Gasteiger partial charge in [-0.2, -0.15) is 0 Å². The van der Waals surface area contributed by atoms with Crippen LogP contribution in [0, 0.1) is 6.92 Å². The quantitative estimate of drug-likeness (QED) is 0.647. The minimum Gasteiger partial charge on any atom is -0.364 e. The number of hydrogen-bond acceptors (Lipinski definition) is 4. The molecule has 0 saturated heterocycles. The molecule has 1 heterocycles. The third-order valence-corrected chi connectivity index (χ3v) is 1.63. The highest BCUT2D eigenvalue weighted by Crippen LogP contribution is 2.03. The third-order valence-electron chi connectivity index (χ3n) is 1.63. The molecule has 13 heavy (non-hydrogen) atoms. The van der Waals surface area contributed by atoms with Gasteiger partial charge in [0.15, 0.2) is 5.69 Å². The van der Waals surface area contributed by atoms with Crippen molar-refractivity contribution < 1.29 is 9.32 Å². The number of nitrogens with two attached hydrogens (primary N) is 1. The van der Waals surface area contributed by atoms with Crippen LogP contribution in [0.25, 0.3) is 0 Å². The molecular weight excluding hydrogens is 170 g/mol. The largest absolute Gasteiger partial charge is 0.364 e. The van der Waals surface area contributed by atoms with Crippen molar-refractivity contribution in [3.05, 3.63) is 17.5 Å². The van der Waals surface area contributed by atoms with Gasteiger partial charge in [0.25, 0.3) is 5.91 Å². The lowest BCUT2D eigenvalue weighted by atomic mass is 10.2. The van der Waals surface area contributed by atoms with Crippen molar-refractivity contribution in [3.8, 4) is 0 Å². The van der Waals surface area contributed by atoms with E-state index in [1.807, 2.05) is 0 Å². The molecule has 1 aromatic rings. The Balaban J connectivity index is 2.45. The lowest BCUT2D eigenvalue weighted by molar-refractivity contribution is 0.0944. The Morgan fingerprint density at radius 1 is 1.77 bits per heavy atom. The van der Waals surface area contributed by atoms with E-state index in [0.717, 1.165) is 12.0 Å². The van der Waals surface area contributed by atoms with Gasteiger partial charge in [-0.3, -0.25) is 4.79 Å². The van der Waals surface area contributed by atoms with E-state index in [-0.39, 0.29) is 5.91 Å². The molecule has 72 valence electrons. The highest BCUT2D eigenvalue weighted by Gasteiger charge is 2.11. The average molecular weight is 183 g/mol. The summed E-state index contributed by atoms with van der Waals surface area (Å²) in [5.41, 5.74) is 6.36. The van der Waals surface area contributed by atoms with E-state index in [4.69, 9.17) is 5.73 Å². The molecule has 5 heteroatoms. The highest BCUT2D eigenvalue weighted by molar-refractivity contribution is 5.93. The van der Waals surface area contributed by atoms with Crippen molar-refractivity contribution in [1.29, 1.82) is 0 Å². The van der Waals surface area contributed by atoms with Crippen LogP contribution in [0.2, 0.25) is 0 Å². The van der Waals surface area contributed by atoms with Gasteiger partial charge in [-0.05, 0) is 19.9 Å². The number of aryl methyl sites for hydroxylation is 1. The summed E-state index contributed by atoms with van der Waals surface area (Å²) in [6, 6.07) is 0. The van der Waals surface area contributed by atoms with Gasteiger partial charge in [-0.1, -0.05) is 5.16 Å². The number of rotatable bonds is 4. The third kappa shape index (κ3) is 2.55. The smallest absolute Gasteiger partial charge is 0.273 e. The lowest BCUT2D eigenvalue weighted by Gasteiger charge is -2.00. The van der Waals surface area contributed by atoms with Gasteiger partial charge >= 0.3 is 0 Å². The summed E-state index contributed by atoms with van der Waals surface area (Å²) in [6.45, 7) is 2.91. The van der Waals surface area contributed by atoms with Gasteiger partial charge < -0.3 is 15.6 Å². The zero-order chi connectivity index (χ0) is 9.68. The van der Waals surface area contributed by atoms with Gasteiger partial charge in [0.05, 0.1) is 0 Å². The minimum atomic E-state index is -0.209. The normalized spacial score (nSPS) is 10.0. The van der Waals surface area contributed by atoms with Crippen molar-refractivity contribution in [3.63, 3.8) is 0 Å². The van der Waals surface area contributed by atoms with Crippen LogP contribution in [-0.4, -0.2) is 24.2 Å². The molecule has 0 radical (unpaired) electrons.